The minimum Gasteiger partial charge on any atom is -0.388 e. The number of hydrogen-bond acceptors (Lipinski definition) is 10. The van der Waals surface area contributed by atoms with E-state index in [0.717, 1.165) is 12.1 Å². The Hall–Kier alpha value is -2.19. The van der Waals surface area contributed by atoms with Gasteiger partial charge in [-0.25, -0.2) is 15.0 Å². The number of halogens is 3. The van der Waals surface area contributed by atoms with Gasteiger partial charge < -0.3 is 29.1 Å². The van der Waals surface area contributed by atoms with Crippen LogP contribution < -0.4 is 5.73 Å². The molecule has 35 heavy (non-hydrogen) atoms. The molecule has 0 bridgehead atoms. The van der Waals surface area contributed by atoms with Gasteiger partial charge in [-0.2, -0.15) is 13.2 Å². The average Bonchev–Trinajstić information content (AvgIpc) is 3.41. The lowest BCUT2D eigenvalue weighted by Gasteiger charge is -2.32. The van der Waals surface area contributed by atoms with Gasteiger partial charge in [0.1, 0.15) is 17.9 Å². The first-order chi connectivity index (χ1) is 16.6. The minimum atomic E-state index is -4.46. The Bertz CT molecular complexity index is 1280. The third-order valence-corrected chi connectivity index (χ3v) is 8.08. The molecule has 2 unspecified atom stereocenters. The lowest BCUT2D eigenvalue weighted by Crippen LogP contribution is -2.20. The van der Waals surface area contributed by atoms with Crippen LogP contribution >= 0.6 is 6.72 Å². The van der Waals surface area contributed by atoms with E-state index < -0.39 is 43.0 Å². The van der Waals surface area contributed by atoms with Gasteiger partial charge in [0.2, 0.25) is 0 Å². The second-order valence-corrected chi connectivity index (χ2v) is 11.1. The highest BCUT2D eigenvalue weighted by Gasteiger charge is 2.39. The molecule has 10 nitrogen and oxygen atoms in total. The van der Waals surface area contributed by atoms with Gasteiger partial charge in [-0.1, -0.05) is 12.1 Å². The highest BCUT2D eigenvalue weighted by Crippen LogP contribution is 2.57. The SMILES string of the molecule is Nc1ncnc2c1ncn2[C@@H]1O[C@H](COP2(=S)OCCC(c3cccc(C(F)(F)F)c3)O2)C[C@@H]1O. The van der Waals surface area contributed by atoms with Crippen LogP contribution in [0.1, 0.15) is 36.3 Å². The zero-order valence-corrected chi connectivity index (χ0v) is 19.7. The van der Waals surface area contributed by atoms with E-state index in [0.29, 0.717) is 23.1 Å². The number of alkyl halides is 3. The summed E-state index contributed by atoms with van der Waals surface area (Å²) in [5.74, 6) is 0.209. The molecule has 2 aromatic heterocycles. The van der Waals surface area contributed by atoms with Crippen LogP contribution in [-0.4, -0.2) is 50.0 Å². The van der Waals surface area contributed by atoms with Crippen molar-refractivity contribution >= 4 is 35.5 Å². The van der Waals surface area contributed by atoms with Crippen LogP contribution in [0.2, 0.25) is 0 Å². The van der Waals surface area contributed by atoms with Crippen molar-refractivity contribution in [2.75, 3.05) is 18.9 Å². The Morgan fingerprint density at radius 1 is 1.29 bits per heavy atom. The smallest absolute Gasteiger partial charge is 0.388 e. The molecule has 1 aromatic carbocycles. The fourth-order valence-electron chi connectivity index (χ4n) is 4.04. The van der Waals surface area contributed by atoms with E-state index in [1.54, 1.807) is 10.6 Å². The largest absolute Gasteiger partial charge is 0.416 e. The summed E-state index contributed by atoms with van der Waals surface area (Å²) in [5.41, 5.74) is 6.21. The summed E-state index contributed by atoms with van der Waals surface area (Å²) >= 11 is 5.45. The number of imidazole rings is 1. The van der Waals surface area contributed by atoms with Gasteiger partial charge in [0, 0.05) is 12.8 Å². The molecule has 188 valence electrons. The quantitative estimate of drug-likeness (QED) is 0.473. The molecule has 0 saturated carbocycles. The van der Waals surface area contributed by atoms with Crippen LogP contribution in [-0.2, 0) is 36.3 Å². The van der Waals surface area contributed by atoms with Crippen molar-refractivity contribution < 1.29 is 36.6 Å². The van der Waals surface area contributed by atoms with Crippen molar-refractivity contribution in [1.82, 2.24) is 19.5 Å². The molecule has 5 atom stereocenters. The fourth-order valence-corrected chi connectivity index (χ4v) is 6.17. The monoisotopic (exact) mass is 531 g/mol. The summed E-state index contributed by atoms with van der Waals surface area (Å²) < 4.78 is 64.0. The van der Waals surface area contributed by atoms with Gasteiger partial charge in [-0.15, -0.1) is 0 Å². The third kappa shape index (κ3) is 5.05. The van der Waals surface area contributed by atoms with E-state index in [1.165, 1.54) is 18.7 Å². The molecule has 3 aromatic rings. The second-order valence-electron chi connectivity index (χ2n) is 8.12. The molecule has 0 spiro atoms. The van der Waals surface area contributed by atoms with E-state index >= 15 is 0 Å². The van der Waals surface area contributed by atoms with Crippen LogP contribution in [0.3, 0.4) is 0 Å². The number of aliphatic hydroxyl groups is 1. The summed E-state index contributed by atoms with van der Waals surface area (Å²) in [7, 11) is 0. The zero-order chi connectivity index (χ0) is 24.8. The number of fused-ring (bicyclic) bond motifs is 1. The van der Waals surface area contributed by atoms with E-state index in [2.05, 4.69) is 15.0 Å². The molecule has 2 fully saturated rings. The van der Waals surface area contributed by atoms with Gasteiger partial charge in [0.25, 0.3) is 0 Å². The first-order valence-electron chi connectivity index (χ1n) is 10.6. The number of anilines is 1. The molecular weight excluding hydrogens is 510 g/mol. The van der Waals surface area contributed by atoms with E-state index in [1.807, 2.05) is 0 Å². The molecule has 3 N–H and O–H groups in total. The summed E-state index contributed by atoms with van der Waals surface area (Å²) in [4.78, 5) is 12.2. The van der Waals surface area contributed by atoms with Crippen LogP contribution in [0, 0.1) is 0 Å². The average molecular weight is 531 g/mol. The van der Waals surface area contributed by atoms with Crippen molar-refractivity contribution in [1.29, 1.82) is 0 Å². The van der Waals surface area contributed by atoms with Crippen molar-refractivity contribution in [2.45, 2.75) is 43.6 Å². The molecule has 0 radical (unpaired) electrons. The summed E-state index contributed by atoms with van der Waals surface area (Å²) in [5, 5.41) is 10.6. The number of benzene rings is 1. The van der Waals surface area contributed by atoms with Crippen molar-refractivity contribution in [3.05, 3.63) is 48.0 Å². The van der Waals surface area contributed by atoms with E-state index in [4.69, 9.17) is 35.8 Å². The van der Waals surface area contributed by atoms with Gasteiger partial charge in [-0.05, 0) is 29.5 Å². The summed E-state index contributed by atoms with van der Waals surface area (Å²) in [6.07, 6.45) is -4.05. The summed E-state index contributed by atoms with van der Waals surface area (Å²) in [6, 6.07) is 4.92. The number of ether oxygens (including phenoxy) is 1. The first-order valence-corrected chi connectivity index (χ1v) is 13.2. The Labute approximate surface area is 202 Å². The summed E-state index contributed by atoms with van der Waals surface area (Å²) in [6.45, 7) is -3.11. The standard InChI is InChI=1S/C20H21F3N5O5PS/c21-20(22,23)12-3-1-2-11(6-12)15-4-5-30-34(35,33-15)31-8-13-7-14(29)19(32-13)28-10-27-16-17(24)25-9-26-18(16)28/h1-3,6,9-10,13-15,19,29H,4-5,7-8H2,(H2,24,25,26)/t13-,14-,15?,19+,34?/m0/s1. The Balaban J connectivity index is 1.24. The van der Waals surface area contributed by atoms with Crippen LogP contribution in [0.15, 0.2) is 36.9 Å². The molecule has 5 rings (SSSR count). The molecule has 15 heteroatoms. The number of nitrogens with zero attached hydrogens (tertiary/aromatic N) is 4. The van der Waals surface area contributed by atoms with E-state index in [9.17, 15) is 18.3 Å². The predicted octanol–water partition coefficient (Wildman–Crippen LogP) is 3.50. The Morgan fingerprint density at radius 2 is 2.11 bits per heavy atom. The third-order valence-electron chi connectivity index (χ3n) is 5.72. The molecule has 2 aliphatic heterocycles. The Kier molecular flexibility index (Phi) is 6.55. The molecule has 0 amide bonds. The number of hydrogen-bond donors (Lipinski definition) is 2. The number of nitrogens with two attached hydrogens (primary N) is 1. The number of rotatable bonds is 5. The van der Waals surface area contributed by atoms with Gasteiger partial charge in [0.15, 0.2) is 17.7 Å². The van der Waals surface area contributed by atoms with E-state index in [-0.39, 0.29) is 25.5 Å². The molecule has 0 aliphatic carbocycles. The van der Waals surface area contributed by atoms with Gasteiger partial charge in [-0.3, -0.25) is 4.57 Å². The van der Waals surface area contributed by atoms with Crippen molar-refractivity contribution in [3.63, 3.8) is 0 Å². The second kappa shape index (κ2) is 9.36. The number of aliphatic hydroxyl groups excluding tert-OH is 1. The molecule has 2 saturated heterocycles. The fraction of sp³-hybridized carbons (Fsp3) is 0.450. The number of aromatic nitrogens is 4. The van der Waals surface area contributed by atoms with Crippen LogP contribution in [0.4, 0.5) is 19.0 Å². The first kappa shape index (κ1) is 24.5. The maximum atomic E-state index is 13.1. The van der Waals surface area contributed by atoms with Gasteiger partial charge >= 0.3 is 12.9 Å². The maximum absolute atomic E-state index is 13.1. The predicted molar refractivity (Wildman–Crippen MR) is 120 cm³/mol. The normalized spacial score (nSPS) is 29.6. The zero-order valence-electron chi connectivity index (χ0n) is 18.0. The highest BCUT2D eigenvalue weighted by molar-refractivity contribution is 8.07. The maximum Gasteiger partial charge on any atom is 0.416 e. The Morgan fingerprint density at radius 3 is 2.91 bits per heavy atom. The molecule has 2 aliphatic rings. The minimum absolute atomic E-state index is 0.0378. The number of nitrogen functional groups attached to an aromatic ring is 1. The lowest BCUT2D eigenvalue weighted by atomic mass is 10.0. The van der Waals surface area contributed by atoms with Crippen LogP contribution in [0.5, 0.6) is 0 Å². The van der Waals surface area contributed by atoms with Crippen LogP contribution in [0.25, 0.3) is 11.2 Å². The molecule has 4 heterocycles. The topological polar surface area (TPSA) is 127 Å². The van der Waals surface area contributed by atoms with Crippen molar-refractivity contribution in [3.8, 4) is 0 Å². The molecular formula is C20H21F3N5O5PS. The van der Waals surface area contributed by atoms with Crippen molar-refractivity contribution in [2.24, 2.45) is 0 Å². The lowest BCUT2D eigenvalue weighted by molar-refractivity contribution is -0.137. The highest BCUT2D eigenvalue weighted by atomic mass is 32.5. The van der Waals surface area contributed by atoms with Gasteiger partial charge in [0.05, 0.1) is 37.3 Å².